The zero-order valence-corrected chi connectivity index (χ0v) is 16.9. The lowest BCUT2D eigenvalue weighted by Crippen LogP contribution is -2.47. The number of nitrogens with two attached hydrogens (primary N) is 1. The summed E-state index contributed by atoms with van der Waals surface area (Å²) in [7, 11) is 0. The van der Waals surface area contributed by atoms with Gasteiger partial charge in [-0.1, -0.05) is 36.8 Å². The first kappa shape index (κ1) is 19.6. The van der Waals surface area contributed by atoms with Crippen LogP contribution in [0.4, 0.5) is 11.8 Å². The monoisotopic (exact) mass is 394 g/mol. The largest absolute Gasteiger partial charge is 0.383 e. The van der Waals surface area contributed by atoms with Gasteiger partial charge >= 0.3 is 0 Å². The number of hydrogen-bond acceptors (Lipinski definition) is 6. The SMILES string of the molecule is Nc1nc(N2CCC(N3CCCCC3)CC2)ncc1C(=O)NCc1ccccc1. The van der Waals surface area contributed by atoms with Gasteiger partial charge in [-0.3, -0.25) is 4.79 Å². The fraction of sp³-hybridized carbons (Fsp3) is 0.500. The standard InChI is InChI=1S/C22H30N6O/c23-20-19(21(29)24-15-17-7-3-1-4-8-17)16-25-22(26-20)28-13-9-18(10-14-28)27-11-5-2-6-12-27/h1,3-4,7-8,16,18H,2,5-6,9-15H2,(H,24,29)(H2,23,25,26). The van der Waals surface area contributed by atoms with Gasteiger partial charge in [0.1, 0.15) is 5.82 Å². The number of nitrogen functional groups attached to an aromatic ring is 1. The molecule has 0 spiro atoms. The molecule has 2 saturated heterocycles. The number of carbonyl (C=O) groups is 1. The Morgan fingerprint density at radius 2 is 1.79 bits per heavy atom. The van der Waals surface area contributed by atoms with Gasteiger partial charge in [0.05, 0.1) is 5.56 Å². The number of rotatable bonds is 5. The molecule has 29 heavy (non-hydrogen) atoms. The molecule has 3 heterocycles. The topological polar surface area (TPSA) is 87.4 Å². The number of hydrogen-bond donors (Lipinski definition) is 2. The Kier molecular flexibility index (Phi) is 6.24. The summed E-state index contributed by atoms with van der Waals surface area (Å²) in [6.07, 6.45) is 7.83. The van der Waals surface area contributed by atoms with Crippen LogP contribution in [0.15, 0.2) is 36.5 Å². The molecule has 7 heteroatoms. The second-order valence-corrected chi connectivity index (χ2v) is 7.95. The van der Waals surface area contributed by atoms with Gasteiger partial charge in [-0.15, -0.1) is 0 Å². The molecule has 154 valence electrons. The number of likely N-dealkylation sites (tertiary alicyclic amines) is 1. The van der Waals surface area contributed by atoms with Crippen molar-refractivity contribution >= 4 is 17.7 Å². The van der Waals surface area contributed by atoms with Crippen LogP contribution in [0.3, 0.4) is 0 Å². The number of nitrogens with zero attached hydrogens (tertiary/aromatic N) is 4. The highest BCUT2D eigenvalue weighted by molar-refractivity contribution is 5.98. The first-order valence-corrected chi connectivity index (χ1v) is 10.6. The molecule has 0 aliphatic carbocycles. The summed E-state index contributed by atoms with van der Waals surface area (Å²) in [6.45, 7) is 4.78. The van der Waals surface area contributed by atoms with E-state index in [1.54, 1.807) is 6.20 Å². The smallest absolute Gasteiger partial charge is 0.256 e. The lowest BCUT2D eigenvalue weighted by atomic mass is 10.0. The average Bonchev–Trinajstić information content (AvgIpc) is 2.79. The summed E-state index contributed by atoms with van der Waals surface area (Å²) >= 11 is 0. The predicted molar refractivity (Wildman–Crippen MR) is 115 cm³/mol. The van der Waals surface area contributed by atoms with Crippen LogP contribution in [-0.2, 0) is 6.54 Å². The van der Waals surface area contributed by atoms with E-state index in [0.717, 1.165) is 31.5 Å². The Hall–Kier alpha value is -2.67. The lowest BCUT2D eigenvalue weighted by Gasteiger charge is -2.40. The molecule has 1 amide bonds. The molecule has 1 aromatic heterocycles. The van der Waals surface area contributed by atoms with Gasteiger partial charge in [-0.05, 0) is 44.3 Å². The maximum Gasteiger partial charge on any atom is 0.256 e. The molecule has 2 fully saturated rings. The Labute approximate surface area is 172 Å². The van der Waals surface area contributed by atoms with Crippen LogP contribution in [0.1, 0.15) is 48.0 Å². The van der Waals surface area contributed by atoms with Crippen LogP contribution in [0.2, 0.25) is 0 Å². The van der Waals surface area contributed by atoms with Crippen molar-refractivity contribution in [1.29, 1.82) is 0 Å². The highest BCUT2D eigenvalue weighted by Crippen LogP contribution is 2.23. The van der Waals surface area contributed by atoms with Crippen LogP contribution >= 0.6 is 0 Å². The highest BCUT2D eigenvalue weighted by Gasteiger charge is 2.27. The molecule has 0 atom stereocenters. The third-order valence-corrected chi connectivity index (χ3v) is 6.00. The van der Waals surface area contributed by atoms with E-state index in [9.17, 15) is 4.79 Å². The molecule has 0 bridgehead atoms. The van der Waals surface area contributed by atoms with Gasteiger partial charge in [0.25, 0.3) is 5.91 Å². The molecule has 2 aromatic rings. The van der Waals surface area contributed by atoms with Crippen LogP contribution in [0.25, 0.3) is 0 Å². The van der Waals surface area contributed by atoms with Gasteiger partial charge in [-0.25, -0.2) is 4.98 Å². The average molecular weight is 395 g/mol. The molecule has 3 N–H and O–H groups in total. The minimum Gasteiger partial charge on any atom is -0.383 e. The van der Waals surface area contributed by atoms with E-state index >= 15 is 0 Å². The number of carbonyl (C=O) groups excluding carboxylic acids is 1. The molecule has 4 rings (SSSR count). The van der Waals surface area contributed by atoms with Crippen molar-refractivity contribution in [2.24, 2.45) is 0 Å². The zero-order valence-electron chi connectivity index (χ0n) is 16.9. The fourth-order valence-corrected chi connectivity index (χ4v) is 4.30. The first-order valence-electron chi connectivity index (χ1n) is 10.6. The maximum absolute atomic E-state index is 12.5. The minimum absolute atomic E-state index is 0.235. The third kappa shape index (κ3) is 4.85. The van der Waals surface area contributed by atoms with Crippen molar-refractivity contribution in [3.63, 3.8) is 0 Å². The second kappa shape index (κ2) is 9.22. The first-order chi connectivity index (χ1) is 14.2. The van der Waals surface area contributed by atoms with E-state index in [-0.39, 0.29) is 11.7 Å². The molecule has 1 aromatic carbocycles. The summed E-state index contributed by atoms with van der Waals surface area (Å²) in [5.74, 6) is 0.611. The van der Waals surface area contributed by atoms with Crippen LogP contribution in [0, 0.1) is 0 Å². The fourth-order valence-electron chi connectivity index (χ4n) is 4.30. The van der Waals surface area contributed by atoms with Gasteiger partial charge < -0.3 is 20.9 Å². The van der Waals surface area contributed by atoms with E-state index in [0.29, 0.717) is 24.1 Å². The second-order valence-electron chi connectivity index (χ2n) is 7.95. The number of nitrogens with one attached hydrogen (secondary N) is 1. The molecule has 0 saturated carbocycles. The van der Waals surface area contributed by atoms with E-state index in [1.807, 2.05) is 30.3 Å². The Balaban J connectivity index is 1.33. The zero-order chi connectivity index (χ0) is 20.1. The van der Waals surface area contributed by atoms with Crippen molar-refractivity contribution in [2.75, 3.05) is 36.8 Å². The molecule has 2 aliphatic rings. The molecular formula is C22H30N6O. The summed E-state index contributed by atoms with van der Waals surface area (Å²) in [5.41, 5.74) is 7.46. The van der Waals surface area contributed by atoms with E-state index in [1.165, 1.54) is 32.4 Å². The predicted octanol–water partition coefficient (Wildman–Crippen LogP) is 2.44. The van der Waals surface area contributed by atoms with Crippen molar-refractivity contribution in [3.05, 3.63) is 47.7 Å². The van der Waals surface area contributed by atoms with Gasteiger partial charge in [0.15, 0.2) is 0 Å². The molecule has 7 nitrogen and oxygen atoms in total. The lowest BCUT2D eigenvalue weighted by molar-refractivity contribution is 0.0951. The van der Waals surface area contributed by atoms with Crippen LogP contribution < -0.4 is 16.0 Å². The van der Waals surface area contributed by atoms with Crippen molar-refractivity contribution in [3.8, 4) is 0 Å². The van der Waals surface area contributed by atoms with Crippen molar-refractivity contribution in [1.82, 2.24) is 20.2 Å². The summed E-state index contributed by atoms with van der Waals surface area (Å²) in [4.78, 5) is 26.2. The minimum atomic E-state index is -0.248. The maximum atomic E-state index is 12.5. The highest BCUT2D eigenvalue weighted by atomic mass is 16.1. The Bertz CT molecular complexity index is 813. The molecule has 0 unspecified atom stereocenters. The number of aromatic nitrogens is 2. The van der Waals surface area contributed by atoms with E-state index in [2.05, 4.69) is 25.1 Å². The summed E-state index contributed by atoms with van der Waals surface area (Å²) in [5, 5.41) is 2.88. The molecular weight excluding hydrogens is 364 g/mol. The summed E-state index contributed by atoms with van der Waals surface area (Å²) < 4.78 is 0. The quantitative estimate of drug-likeness (QED) is 0.810. The van der Waals surface area contributed by atoms with Crippen molar-refractivity contribution in [2.45, 2.75) is 44.7 Å². The van der Waals surface area contributed by atoms with E-state index in [4.69, 9.17) is 5.73 Å². The van der Waals surface area contributed by atoms with Crippen molar-refractivity contribution < 1.29 is 4.79 Å². The Morgan fingerprint density at radius 1 is 1.07 bits per heavy atom. The molecule has 2 aliphatic heterocycles. The van der Waals surface area contributed by atoms with Gasteiger partial charge in [0.2, 0.25) is 5.95 Å². The van der Waals surface area contributed by atoms with Gasteiger partial charge in [-0.2, -0.15) is 4.98 Å². The Morgan fingerprint density at radius 3 is 2.48 bits per heavy atom. The number of anilines is 2. The number of benzene rings is 1. The number of amides is 1. The number of piperidine rings is 2. The molecule has 0 radical (unpaired) electrons. The normalized spacial score (nSPS) is 18.6. The van der Waals surface area contributed by atoms with Crippen LogP contribution in [-0.4, -0.2) is 53.0 Å². The van der Waals surface area contributed by atoms with Gasteiger partial charge in [0, 0.05) is 31.9 Å². The van der Waals surface area contributed by atoms with E-state index < -0.39 is 0 Å². The third-order valence-electron chi connectivity index (χ3n) is 6.00. The summed E-state index contributed by atoms with van der Waals surface area (Å²) in [6, 6.07) is 10.5. The van der Waals surface area contributed by atoms with Crippen LogP contribution in [0.5, 0.6) is 0 Å².